The minimum atomic E-state index is 0.127. The minimum absolute atomic E-state index is 0.127. The third-order valence-corrected chi connectivity index (χ3v) is 4.21. The fraction of sp³-hybridized carbons (Fsp3) is 0.368. The molecule has 2 nitrogen and oxygen atoms in total. The molecule has 0 aromatic heterocycles. The highest BCUT2D eigenvalue weighted by Crippen LogP contribution is 2.30. The SMILES string of the molecule is CC(O[C@H]1CCCN[C@H]1c1ccccc1)c1ccccc1. The zero-order valence-electron chi connectivity index (χ0n) is 12.5. The summed E-state index contributed by atoms with van der Waals surface area (Å²) < 4.78 is 6.38. The van der Waals surface area contributed by atoms with Gasteiger partial charge in [-0.25, -0.2) is 0 Å². The van der Waals surface area contributed by atoms with Gasteiger partial charge in [-0.2, -0.15) is 0 Å². The quantitative estimate of drug-likeness (QED) is 0.904. The second-order valence-corrected chi connectivity index (χ2v) is 5.71. The van der Waals surface area contributed by atoms with E-state index in [1.165, 1.54) is 17.5 Å². The summed E-state index contributed by atoms with van der Waals surface area (Å²) in [5.41, 5.74) is 2.57. The van der Waals surface area contributed by atoms with Gasteiger partial charge in [-0.3, -0.25) is 0 Å². The molecule has 2 heteroatoms. The molecule has 2 aromatic rings. The lowest BCUT2D eigenvalue weighted by molar-refractivity contribution is -0.0392. The molecule has 110 valence electrons. The van der Waals surface area contributed by atoms with E-state index in [2.05, 4.69) is 66.8 Å². The van der Waals surface area contributed by atoms with Gasteiger partial charge < -0.3 is 10.1 Å². The van der Waals surface area contributed by atoms with Crippen molar-refractivity contribution in [3.8, 4) is 0 Å². The molecule has 3 atom stereocenters. The zero-order chi connectivity index (χ0) is 14.5. The Morgan fingerprint density at radius 1 is 1.00 bits per heavy atom. The summed E-state index contributed by atoms with van der Waals surface area (Å²) >= 11 is 0. The summed E-state index contributed by atoms with van der Waals surface area (Å²) in [6.07, 6.45) is 2.65. The van der Waals surface area contributed by atoms with E-state index >= 15 is 0 Å². The zero-order valence-corrected chi connectivity index (χ0v) is 12.5. The number of benzene rings is 2. The first kappa shape index (κ1) is 14.3. The monoisotopic (exact) mass is 281 g/mol. The lowest BCUT2D eigenvalue weighted by atomic mass is 9.94. The molecule has 1 fully saturated rings. The second-order valence-electron chi connectivity index (χ2n) is 5.71. The van der Waals surface area contributed by atoms with Gasteiger partial charge in [0.05, 0.1) is 18.2 Å². The highest BCUT2D eigenvalue weighted by atomic mass is 16.5. The van der Waals surface area contributed by atoms with Crippen LogP contribution >= 0.6 is 0 Å². The van der Waals surface area contributed by atoms with Gasteiger partial charge in [-0.15, -0.1) is 0 Å². The van der Waals surface area contributed by atoms with Crippen LogP contribution in [0.25, 0.3) is 0 Å². The molecule has 1 saturated heterocycles. The van der Waals surface area contributed by atoms with Crippen LogP contribution in [0.5, 0.6) is 0 Å². The topological polar surface area (TPSA) is 21.3 Å². The lowest BCUT2D eigenvalue weighted by Gasteiger charge is -2.35. The molecule has 1 N–H and O–H groups in total. The molecular formula is C19H23NO. The number of piperidine rings is 1. The van der Waals surface area contributed by atoms with Crippen molar-refractivity contribution >= 4 is 0 Å². The van der Waals surface area contributed by atoms with E-state index in [1.54, 1.807) is 0 Å². The molecule has 0 spiro atoms. The van der Waals surface area contributed by atoms with Crippen molar-refractivity contribution in [2.24, 2.45) is 0 Å². The molecule has 0 bridgehead atoms. The summed E-state index contributed by atoms with van der Waals surface area (Å²) in [4.78, 5) is 0. The molecular weight excluding hydrogens is 258 g/mol. The molecule has 1 heterocycles. The number of hydrogen-bond acceptors (Lipinski definition) is 2. The lowest BCUT2D eigenvalue weighted by Crippen LogP contribution is -2.39. The Hall–Kier alpha value is -1.64. The largest absolute Gasteiger partial charge is 0.369 e. The highest BCUT2D eigenvalue weighted by Gasteiger charge is 2.28. The minimum Gasteiger partial charge on any atom is -0.369 e. The van der Waals surface area contributed by atoms with Crippen LogP contribution < -0.4 is 5.32 Å². The van der Waals surface area contributed by atoms with Crippen molar-refractivity contribution in [1.82, 2.24) is 5.32 Å². The molecule has 0 saturated carbocycles. The van der Waals surface area contributed by atoms with E-state index in [9.17, 15) is 0 Å². The van der Waals surface area contributed by atoms with Crippen LogP contribution in [0.4, 0.5) is 0 Å². The van der Waals surface area contributed by atoms with Crippen molar-refractivity contribution in [2.75, 3.05) is 6.54 Å². The number of hydrogen-bond donors (Lipinski definition) is 1. The third kappa shape index (κ3) is 3.52. The van der Waals surface area contributed by atoms with Crippen LogP contribution in [0.1, 0.15) is 43.0 Å². The Balaban J connectivity index is 1.73. The number of rotatable bonds is 4. The fourth-order valence-electron chi connectivity index (χ4n) is 3.06. The molecule has 2 aromatic carbocycles. The smallest absolute Gasteiger partial charge is 0.0801 e. The highest BCUT2D eigenvalue weighted by molar-refractivity contribution is 5.21. The van der Waals surface area contributed by atoms with Gasteiger partial charge in [-0.1, -0.05) is 60.7 Å². The standard InChI is InChI=1S/C19H23NO/c1-15(16-9-4-2-5-10-16)21-18-13-8-14-20-19(18)17-11-6-3-7-12-17/h2-7,9-12,15,18-20H,8,13-14H2,1H3/t15?,18-,19-/m0/s1. The van der Waals surface area contributed by atoms with Crippen LogP contribution in [0.2, 0.25) is 0 Å². The first-order valence-electron chi connectivity index (χ1n) is 7.83. The van der Waals surface area contributed by atoms with Crippen LogP contribution in [-0.4, -0.2) is 12.6 Å². The Labute approximate surface area is 127 Å². The van der Waals surface area contributed by atoms with Crippen molar-refractivity contribution < 1.29 is 4.74 Å². The van der Waals surface area contributed by atoms with E-state index in [-0.39, 0.29) is 12.2 Å². The molecule has 0 radical (unpaired) electrons. The average Bonchev–Trinajstić information content (AvgIpc) is 2.57. The maximum atomic E-state index is 6.38. The molecule has 1 unspecified atom stereocenters. The predicted octanol–water partition coefficient (Wildman–Crippen LogP) is 4.26. The van der Waals surface area contributed by atoms with Gasteiger partial charge in [-0.05, 0) is 37.4 Å². The van der Waals surface area contributed by atoms with Gasteiger partial charge >= 0.3 is 0 Å². The van der Waals surface area contributed by atoms with Gasteiger partial charge in [0.1, 0.15) is 0 Å². The van der Waals surface area contributed by atoms with Gasteiger partial charge in [0.2, 0.25) is 0 Å². The van der Waals surface area contributed by atoms with E-state index in [0.717, 1.165) is 13.0 Å². The average molecular weight is 281 g/mol. The van der Waals surface area contributed by atoms with E-state index in [4.69, 9.17) is 4.74 Å². The van der Waals surface area contributed by atoms with Crippen LogP contribution in [0, 0.1) is 0 Å². The molecule has 0 amide bonds. The Kier molecular flexibility index (Phi) is 4.69. The third-order valence-electron chi connectivity index (χ3n) is 4.21. The van der Waals surface area contributed by atoms with Crippen molar-refractivity contribution in [1.29, 1.82) is 0 Å². The van der Waals surface area contributed by atoms with Crippen LogP contribution in [0.15, 0.2) is 60.7 Å². The van der Waals surface area contributed by atoms with E-state index in [1.807, 2.05) is 6.07 Å². The Bertz CT molecular complexity index is 540. The summed E-state index contributed by atoms with van der Waals surface area (Å²) in [6.45, 7) is 3.21. The fourth-order valence-corrected chi connectivity index (χ4v) is 3.06. The summed E-state index contributed by atoms with van der Waals surface area (Å²) in [7, 11) is 0. The summed E-state index contributed by atoms with van der Waals surface area (Å²) in [5, 5.41) is 3.62. The molecule has 3 rings (SSSR count). The normalized spacial score (nSPS) is 23.7. The van der Waals surface area contributed by atoms with Gasteiger partial charge in [0.15, 0.2) is 0 Å². The predicted molar refractivity (Wildman–Crippen MR) is 86.1 cm³/mol. The van der Waals surface area contributed by atoms with Crippen molar-refractivity contribution in [2.45, 2.75) is 38.0 Å². The molecule has 1 aliphatic heterocycles. The van der Waals surface area contributed by atoms with Crippen molar-refractivity contribution in [3.05, 3.63) is 71.8 Å². The number of ether oxygens (including phenoxy) is 1. The van der Waals surface area contributed by atoms with Gasteiger partial charge in [0, 0.05) is 0 Å². The van der Waals surface area contributed by atoms with E-state index < -0.39 is 0 Å². The molecule has 21 heavy (non-hydrogen) atoms. The summed E-state index contributed by atoms with van der Waals surface area (Å²) in [6, 6.07) is 21.4. The summed E-state index contributed by atoms with van der Waals surface area (Å²) in [5.74, 6) is 0. The second kappa shape index (κ2) is 6.88. The molecule has 1 aliphatic rings. The van der Waals surface area contributed by atoms with Crippen LogP contribution in [0.3, 0.4) is 0 Å². The maximum Gasteiger partial charge on any atom is 0.0801 e. The number of nitrogens with one attached hydrogen (secondary N) is 1. The Morgan fingerprint density at radius 2 is 1.67 bits per heavy atom. The first-order valence-corrected chi connectivity index (χ1v) is 7.83. The van der Waals surface area contributed by atoms with Gasteiger partial charge in [0.25, 0.3) is 0 Å². The first-order chi connectivity index (χ1) is 10.3. The maximum absolute atomic E-state index is 6.38. The Morgan fingerprint density at radius 3 is 2.38 bits per heavy atom. The van der Waals surface area contributed by atoms with E-state index in [0.29, 0.717) is 6.04 Å². The van der Waals surface area contributed by atoms with Crippen molar-refractivity contribution in [3.63, 3.8) is 0 Å². The molecule has 0 aliphatic carbocycles. The van der Waals surface area contributed by atoms with Crippen LogP contribution in [-0.2, 0) is 4.74 Å².